The topological polar surface area (TPSA) is 11.2 Å². The first kappa shape index (κ1) is 12.5. The van der Waals surface area contributed by atoms with E-state index < -0.39 is 0 Å². The van der Waals surface area contributed by atoms with E-state index in [4.69, 9.17) is 0 Å². The molecule has 3 aromatic rings. The van der Waals surface area contributed by atoms with Gasteiger partial charge in [0.1, 0.15) is 11.0 Å². The van der Waals surface area contributed by atoms with Crippen LogP contribution in [0.4, 0.5) is 0 Å². The molecule has 0 saturated carbocycles. The molecule has 1 aliphatic heterocycles. The van der Waals surface area contributed by atoms with Crippen molar-refractivity contribution < 1.29 is 4.58 Å². The van der Waals surface area contributed by atoms with Crippen molar-refractivity contribution >= 4 is 27.8 Å². The van der Waals surface area contributed by atoms with Crippen LogP contribution >= 0.6 is 0 Å². The highest BCUT2D eigenvalue weighted by Gasteiger charge is 2.30. The van der Waals surface area contributed by atoms with Crippen molar-refractivity contribution in [3.05, 3.63) is 48.0 Å². The molecule has 2 heterocycles. The number of hydrogen-bond acceptors (Lipinski definition) is 1. The number of hydrogen-bond donors (Lipinski definition) is 0. The number of nitrogens with zero attached hydrogens (tertiary/aromatic N) is 3. The van der Waals surface area contributed by atoms with Gasteiger partial charge >= 0.3 is 5.96 Å². The molecule has 0 fully saturated rings. The van der Waals surface area contributed by atoms with Crippen molar-refractivity contribution in [2.24, 2.45) is 0 Å². The Morgan fingerprint density at radius 3 is 2.52 bits per heavy atom. The van der Waals surface area contributed by atoms with Gasteiger partial charge in [-0.1, -0.05) is 36.4 Å². The van der Waals surface area contributed by atoms with Crippen LogP contribution in [0, 0.1) is 6.92 Å². The van der Waals surface area contributed by atoms with E-state index in [0.717, 1.165) is 13.1 Å². The average Bonchev–Trinajstić information content (AvgIpc) is 2.98. The standard InChI is InChI=1S/C18H20N3/c1-13-7-6-9-15-14-8-4-5-10-16(14)21(17(13)15)18-19(2)11-12-20(18)3/h4-10H,11-12H2,1-3H3/q+1. The number of para-hydroxylation sites is 2. The molecule has 4 rings (SSSR count). The van der Waals surface area contributed by atoms with Crippen molar-refractivity contribution in [1.29, 1.82) is 0 Å². The van der Waals surface area contributed by atoms with Gasteiger partial charge in [-0.3, -0.25) is 9.48 Å². The van der Waals surface area contributed by atoms with E-state index in [-0.39, 0.29) is 0 Å². The molecule has 1 aromatic heterocycles. The number of likely N-dealkylation sites (N-methyl/N-ethyl adjacent to an activating group) is 2. The highest BCUT2D eigenvalue weighted by atomic mass is 15.4. The summed E-state index contributed by atoms with van der Waals surface area (Å²) in [6.45, 7) is 4.35. The molecule has 1 aliphatic rings. The van der Waals surface area contributed by atoms with Gasteiger partial charge in [0.25, 0.3) is 0 Å². The minimum absolute atomic E-state index is 1.08. The molecular formula is C18H20N3+. The minimum atomic E-state index is 1.08. The van der Waals surface area contributed by atoms with E-state index >= 15 is 0 Å². The summed E-state index contributed by atoms with van der Waals surface area (Å²) in [7, 11) is 4.36. The van der Waals surface area contributed by atoms with Crippen LogP contribution < -0.4 is 0 Å². The fourth-order valence-corrected chi connectivity index (χ4v) is 3.53. The van der Waals surface area contributed by atoms with Crippen LogP contribution in [0.5, 0.6) is 0 Å². The van der Waals surface area contributed by atoms with Crippen molar-refractivity contribution in [3.63, 3.8) is 0 Å². The van der Waals surface area contributed by atoms with Gasteiger partial charge in [0.2, 0.25) is 0 Å². The maximum Gasteiger partial charge on any atom is 0.360 e. The van der Waals surface area contributed by atoms with Crippen LogP contribution in [0.25, 0.3) is 21.8 Å². The van der Waals surface area contributed by atoms with Gasteiger partial charge in [-0.15, -0.1) is 0 Å². The molecule has 0 radical (unpaired) electrons. The first-order valence-electron chi connectivity index (χ1n) is 7.47. The molecule has 0 N–H and O–H groups in total. The van der Waals surface area contributed by atoms with Crippen LogP contribution in [-0.4, -0.2) is 47.2 Å². The molecule has 0 bridgehead atoms. The molecule has 0 amide bonds. The molecule has 2 aromatic carbocycles. The summed E-state index contributed by atoms with van der Waals surface area (Å²) in [5.74, 6) is 1.27. The first-order valence-corrected chi connectivity index (χ1v) is 7.47. The van der Waals surface area contributed by atoms with Gasteiger partial charge < -0.3 is 0 Å². The van der Waals surface area contributed by atoms with E-state index in [1.165, 1.54) is 33.3 Å². The highest BCUT2D eigenvalue weighted by molar-refractivity contribution is 6.14. The molecule has 21 heavy (non-hydrogen) atoms. The molecule has 0 saturated heterocycles. The van der Waals surface area contributed by atoms with E-state index in [1.54, 1.807) is 0 Å². The summed E-state index contributed by atoms with van der Waals surface area (Å²) in [5.41, 5.74) is 3.94. The lowest BCUT2D eigenvalue weighted by atomic mass is 10.1. The second-order valence-electron chi connectivity index (χ2n) is 5.97. The zero-order valence-corrected chi connectivity index (χ0v) is 12.8. The van der Waals surface area contributed by atoms with Crippen molar-refractivity contribution in [2.75, 3.05) is 27.2 Å². The van der Waals surface area contributed by atoms with Crippen molar-refractivity contribution in [1.82, 2.24) is 9.47 Å². The molecule has 106 valence electrons. The van der Waals surface area contributed by atoms with Gasteiger partial charge in [0, 0.05) is 10.8 Å². The maximum absolute atomic E-state index is 2.42. The van der Waals surface area contributed by atoms with Crippen molar-refractivity contribution in [3.8, 4) is 0 Å². The Balaban J connectivity index is 2.23. The van der Waals surface area contributed by atoms with Crippen LogP contribution in [0.2, 0.25) is 0 Å². The Morgan fingerprint density at radius 2 is 1.76 bits per heavy atom. The monoisotopic (exact) mass is 278 g/mol. The van der Waals surface area contributed by atoms with Crippen LogP contribution in [0.3, 0.4) is 0 Å². The molecule has 0 spiro atoms. The number of rotatable bonds is 0. The quantitative estimate of drug-likeness (QED) is 0.575. The van der Waals surface area contributed by atoms with Gasteiger partial charge in [-0.05, 0) is 18.6 Å². The molecule has 0 atom stereocenters. The molecule has 0 unspecified atom stereocenters. The summed E-state index contributed by atoms with van der Waals surface area (Å²) in [4.78, 5) is 2.35. The fraction of sp³-hybridized carbons (Fsp3) is 0.278. The SMILES string of the molecule is Cc1cccc2c3ccccc3n(C3=[N+](C)CCN3C)c12. The third kappa shape index (κ3) is 1.63. The van der Waals surface area contributed by atoms with Gasteiger partial charge in [-0.2, -0.15) is 4.57 Å². The average molecular weight is 278 g/mol. The van der Waals surface area contributed by atoms with E-state index in [1.807, 2.05) is 0 Å². The Hall–Kier alpha value is -2.29. The normalized spacial score (nSPS) is 15.7. The van der Waals surface area contributed by atoms with Crippen molar-refractivity contribution in [2.45, 2.75) is 6.92 Å². The summed E-state index contributed by atoms with van der Waals surface area (Å²) in [6, 6.07) is 15.3. The Labute approximate surface area is 124 Å². The third-order valence-electron chi connectivity index (χ3n) is 4.55. The number of aryl methyl sites for hydroxylation is 1. The third-order valence-corrected chi connectivity index (χ3v) is 4.55. The first-order chi connectivity index (χ1) is 10.2. The fourth-order valence-electron chi connectivity index (χ4n) is 3.53. The minimum Gasteiger partial charge on any atom is -0.264 e. The van der Waals surface area contributed by atoms with Gasteiger partial charge in [-0.25, -0.2) is 0 Å². The van der Waals surface area contributed by atoms with E-state index in [2.05, 4.69) is 77.5 Å². The summed E-state index contributed by atoms with van der Waals surface area (Å²) < 4.78 is 4.77. The zero-order valence-electron chi connectivity index (χ0n) is 12.8. The lowest BCUT2D eigenvalue weighted by molar-refractivity contribution is -0.488. The van der Waals surface area contributed by atoms with Crippen LogP contribution in [0.15, 0.2) is 42.5 Å². The van der Waals surface area contributed by atoms with E-state index in [0.29, 0.717) is 0 Å². The number of fused-ring (bicyclic) bond motifs is 3. The van der Waals surface area contributed by atoms with Crippen LogP contribution in [0.1, 0.15) is 5.56 Å². The Morgan fingerprint density at radius 1 is 1.00 bits per heavy atom. The predicted molar refractivity (Wildman–Crippen MR) is 88.3 cm³/mol. The summed E-state index contributed by atoms with van der Waals surface area (Å²) in [6.07, 6.45) is 0. The molecule has 3 nitrogen and oxygen atoms in total. The number of benzene rings is 2. The summed E-state index contributed by atoms with van der Waals surface area (Å²) in [5, 5.41) is 2.67. The largest absolute Gasteiger partial charge is 0.360 e. The zero-order chi connectivity index (χ0) is 14.6. The lowest BCUT2D eigenvalue weighted by Crippen LogP contribution is -2.31. The van der Waals surface area contributed by atoms with Gasteiger partial charge in [0.05, 0.1) is 27.2 Å². The van der Waals surface area contributed by atoms with Crippen LogP contribution in [-0.2, 0) is 0 Å². The predicted octanol–water partition coefficient (Wildman–Crippen LogP) is 2.89. The molecule has 3 heteroatoms. The molecular weight excluding hydrogens is 258 g/mol. The summed E-state index contributed by atoms with van der Waals surface area (Å²) >= 11 is 0. The second kappa shape index (κ2) is 4.35. The second-order valence-corrected chi connectivity index (χ2v) is 5.97. The Bertz CT molecular complexity index is 886. The Kier molecular flexibility index (Phi) is 2.58. The lowest BCUT2D eigenvalue weighted by Gasteiger charge is -2.10. The highest BCUT2D eigenvalue weighted by Crippen LogP contribution is 2.31. The van der Waals surface area contributed by atoms with Gasteiger partial charge in [0.15, 0.2) is 0 Å². The van der Waals surface area contributed by atoms with E-state index in [9.17, 15) is 0 Å². The molecule has 0 aliphatic carbocycles. The number of aromatic nitrogens is 1. The smallest absolute Gasteiger partial charge is 0.264 e. The maximum atomic E-state index is 2.42.